The summed E-state index contributed by atoms with van der Waals surface area (Å²) in [6, 6.07) is 60.9. The Hall–Kier alpha value is -5.60. The summed E-state index contributed by atoms with van der Waals surface area (Å²) < 4.78 is 2.44. The van der Waals surface area contributed by atoms with Gasteiger partial charge in [0.05, 0.1) is 16.7 Å². The Bertz CT molecular complexity index is 2120. The molecule has 0 aliphatic heterocycles. The zero-order valence-corrected chi connectivity index (χ0v) is 23.1. The predicted octanol–water partition coefficient (Wildman–Crippen LogP) is 11.1. The van der Waals surface area contributed by atoms with Crippen LogP contribution in [0.3, 0.4) is 0 Å². The molecule has 2 heteroatoms. The fourth-order valence-corrected chi connectivity index (χ4v) is 6.20. The highest BCUT2D eigenvalue weighted by Gasteiger charge is 2.21. The van der Waals surface area contributed by atoms with E-state index in [0.717, 1.165) is 22.7 Å². The summed E-state index contributed by atoms with van der Waals surface area (Å²) >= 11 is 0. The van der Waals surface area contributed by atoms with Crippen LogP contribution >= 0.6 is 0 Å². The lowest BCUT2D eigenvalue weighted by molar-refractivity contribution is 1.17. The molecule has 0 unspecified atom stereocenters. The zero-order chi connectivity index (χ0) is 27.9. The highest BCUT2D eigenvalue weighted by molar-refractivity contribution is 6.17. The van der Waals surface area contributed by atoms with Crippen LogP contribution in [-0.2, 0) is 0 Å². The third-order valence-corrected chi connectivity index (χ3v) is 8.14. The van der Waals surface area contributed by atoms with Crippen LogP contribution in [0.5, 0.6) is 0 Å². The van der Waals surface area contributed by atoms with Gasteiger partial charge in [0.15, 0.2) is 0 Å². The van der Waals surface area contributed by atoms with Crippen LogP contribution in [0.4, 0.5) is 17.1 Å². The molecule has 8 rings (SSSR count). The molecule has 1 aromatic heterocycles. The molecule has 0 radical (unpaired) electrons. The van der Waals surface area contributed by atoms with E-state index in [1.54, 1.807) is 0 Å². The Morgan fingerprint density at radius 3 is 1.60 bits per heavy atom. The van der Waals surface area contributed by atoms with Crippen molar-refractivity contribution in [2.75, 3.05) is 4.90 Å². The van der Waals surface area contributed by atoms with Gasteiger partial charge in [-0.15, -0.1) is 0 Å². The Balaban J connectivity index is 1.46. The van der Waals surface area contributed by atoms with Crippen molar-refractivity contribution < 1.29 is 0 Å². The van der Waals surface area contributed by atoms with E-state index in [-0.39, 0.29) is 0 Å². The molecule has 2 nitrogen and oxygen atoms in total. The summed E-state index contributed by atoms with van der Waals surface area (Å²) in [5.41, 5.74) is 9.33. The van der Waals surface area contributed by atoms with Crippen LogP contribution in [0.1, 0.15) is 0 Å². The second-order valence-corrected chi connectivity index (χ2v) is 10.6. The van der Waals surface area contributed by atoms with Crippen molar-refractivity contribution in [2.24, 2.45) is 0 Å². The van der Waals surface area contributed by atoms with Crippen molar-refractivity contribution in [3.8, 4) is 16.8 Å². The minimum Gasteiger partial charge on any atom is -0.308 e. The standard InChI is InChI=1S/C40H28N2/c1-4-13-29(14-5-1)30-23-25-35(26-24-30)42-39-28-32-16-11-10-15-31(32)27-37(39)36-21-12-22-38(40(36)42)41(33-17-6-2-7-18-33)34-19-8-3-9-20-34/h1-28H. The minimum atomic E-state index is 1.12. The molecule has 0 aliphatic rings. The Morgan fingerprint density at radius 1 is 0.405 bits per heavy atom. The maximum absolute atomic E-state index is 2.44. The third-order valence-electron chi connectivity index (χ3n) is 8.14. The molecular formula is C40H28N2. The summed E-state index contributed by atoms with van der Waals surface area (Å²) in [6.07, 6.45) is 0. The van der Waals surface area contributed by atoms with Gasteiger partial charge in [0, 0.05) is 27.8 Å². The van der Waals surface area contributed by atoms with Gasteiger partial charge in [-0.1, -0.05) is 115 Å². The molecule has 198 valence electrons. The number of aromatic nitrogens is 1. The van der Waals surface area contributed by atoms with Crippen LogP contribution in [0.25, 0.3) is 49.4 Å². The SMILES string of the molecule is c1ccc(-c2ccc(-n3c4cc5ccccc5cc4c4cccc(N(c5ccccc5)c5ccccc5)c43)cc2)cc1. The molecule has 8 aromatic rings. The van der Waals surface area contributed by atoms with E-state index in [2.05, 4.69) is 179 Å². The number of nitrogens with zero attached hydrogens (tertiary/aromatic N) is 2. The largest absolute Gasteiger partial charge is 0.308 e. The average Bonchev–Trinajstić information content (AvgIpc) is 3.39. The first kappa shape index (κ1) is 24.2. The summed E-state index contributed by atoms with van der Waals surface area (Å²) in [5, 5.41) is 4.97. The van der Waals surface area contributed by atoms with Crippen molar-refractivity contribution in [3.63, 3.8) is 0 Å². The normalized spacial score (nSPS) is 11.3. The van der Waals surface area contributed by atoms with Gasteiger partial charge >= 0.3 is 0 Å². The number of anilines is 3. The Kier molecular flexibility index (Phi) is 5.82. The molecule has 1 heterocycles. The molecule has 0 saturated heterocycles. The molecule has 0 amide bonds. The van der Waals surface area contributed by atoms with E-state index in [1.807, 2.05) is 0 Å². The van der Waals surface area contributed by atoms with Gasteiger partial charge in [0.25, 0.3) is 0 Å². The van der Waals surface area contributed by atoms with Gasteiger partial charge in [-0.3, -0.25) is 0 Å². The van der Waals surface area contributed by atoms with Gasteiger partial charge in [-0.2, -0.15) is 0 Å². The second-order valence-electron chi connectivity index (χ2n) is 10.6. The average molecular weight is 537 g/mol. The fourth-order valence-electron chi connectivity index (χ4n) is 6.20. The first-order valence-corrected chi connectivity index (χ1v) is 14.4. The maximum Gasteiger partial charge on any atom is 0.0782 e. The monoisotopic (exact) mass is 536 g/mol. The van der Waals surface area contributed by atoms with E-state index in [4.69, 9.17) is 0 Å². The van der Waals surface area contributed by atoms with E-state index >= 15 is 0 Å². The van der Waals surface area contributed by atoms with Crippen molar-refractivity contribution in [3.05, 3.63) is 170 Å². The first-order valence-electron chi connectivity index (χ1n) is 14.4. The van der Waals surface area contributed by atoms with E-state index in [0.29, 0.717) is 0 Å². The van der Waals surface area contributed by atoms with Crippen LogP contribution in [0.15, 0.2) is 170 Å². The van der Waals surface area contributed by atoms with Crippen molar-refractivity contribution >= 4 is 49.6 Å². The molecule has 7 aromatic carbocycles. The van der Waals surface area contributed by atoms with E-state index < -0.39 is 0 Å². The molecule has 0 fully saturated rings. The Morgan fingerprint density at radius 2 is 0.952 bits per heavy atom. The summed E-state index contributed by atoms with van der Waals surface area (Å²) in [7, 11) is 0. The van der Waals surface area contributed by atoms with Gasteiger partial charge < -0.3 is 9.47 Å². The van der Waals surface area contributed by atoms with Crippen molar-refractivity contribution in [2.45, 2.75) is 0 Å². The van der Waals surface area contributed by atoms with Gasteiger partial charge in [0.2, 0.25) is 0 Å². The lowest BCUT2D eigenvalue weighted by Gasteiger charge is -2.27. The molecule has 0 spiro atoms. The molecule has 0 atom stereocenters. The number of para-hydroxylation sites is 3. The lowest BCUT2D eigenvalue weighted by atomic mass is 10.1. The molecule has 0 aliphatic carbocycles. The highest BCUT2D eigenvalue weighted by Crippen LogP contribution is 2.44. The lowest BCUT2D eigenvalue weighted by Crippen LogP contribution is -2.11. The van der Waals surface area contributed by atoms with Gasteiger partial charge in [-0.25, -0.2) is 0 Å². The quantitative estimate of drug-likeness (QED) is 0.212. The molecule has 42 heavy (non-hydrogen) atoms. The molecule has 0 N–H and O–H groups in total. The summed E-state index contributed by atoms with van der Waals surface area (Å²) in [5.74, 6) is 0. The second kappa shape index (κ2) is 10.1. The molecular weight excluding hydrogens is 508 g/mol. The Labute approximate surface area is 245 Å². The third kappa shape index (κ3) is 4.05. The highest BCUT2D eigenvalue weighted by atomic mass is 15.2. The van der Waals surface area contributed by atoms with Crippen LogP contribution in [0, 0.1) is 0 Å². The number of rotatable bonds is 5. The topological polar surface area (TPSA) is 8.17 Å². The van der Waals surface area contributed by atoms with Crippen LogP contribution < -0.4 is 4.90 Å². The molecule has 0 bridgehead atoms. The van der Waals surface area contributed by atoms with Crippen molar-refractivity contribution in [1.29, 1.82) is 0 Å². The zero-order valence-electron chi connectivity index (χ0n) is 23.1. The number of hydrogen-bond acceptors (Lipinski definition) is 1. The van der Waals surface area contributed by atoms with Crippen LogP contribution in [-0.4, -0.2) is 4.57 Å². The van der Waals surface area contributed by atoms with Gasteiger partial charge in [-0.05, 0) is 76.5 Å². The summed E-state index contributed by atoms with van der Waals surface area (Å²) in [6.45, 7) is 0. The maximum atomic E-state index is 2.44. The van der Waals surface area contributed by atoms with Crippen molar-refractivity contribution in [1.82, 2.24) is 4.57 Å². The minimum absolute atomic E-state index is 1.12. The number of benzene rings is 7. The smallest absolute Gasteiger partial charge is 0.0782 e. The number of fused-ring (bicyclic) bond motifs is 4. The van der Waals surface area contributed by atoms with E-state index in [1.165, 1.54) is 43.7 Å². The molecule has 0 saturated carbocycles. The predicted molar refractivity (Wildman–Crippen MR) is 178 cm³/mol. The van der Waals surface area contributed by atoms with Gasteiger partial charge in [0.1, 0.15) is 0 Å². The summed E-state index contributed by atoms with van der Waals surface area (Å²) in [4.78, 5) is 2.37. The first-order chi connectivity index (χ1) is 20.8. The van der Waals surface area contributed by atoms with E-state index in [9.17, 15) is 0 Å². The fraction of sp³-hybridized carbons (Fsp3) is 0. The van der Waals surface area contributed by atoms with Crippen LogP contribution in [0.2, 0.25) is 0 Å². The number of hydrogen-bond donors (Lipinski definition) is 0.